The van der Waals surface area contributed by atoms with Gasteiger partial charge >= 0.3 is 5.97 Å². The fourth-order valence-corrected chi connectivity index (χ4v) is 2.61. The molecule has 8 heteroatoms. The Balaban J connectivity index is 2.34. The molecule has 1 rings (SSSR count). The standard InChI is InChI=1S/C12H15N3O3S2/c1-2-18-11(17)6-9-7-20-12(14-9)15-10(16)8-19-5-3-4-13/h7H,2-3,5-6,8H2,1H3,(H,14,15,16). The zero-order valence-electron chi connectivity index (χ0n) is 11.0. The summed E-state index contributed by atoms with van der Waals surface area (Å²) in [6.45, 7) is 2.08. The molecule has 0 saturated carbocycles. The van der Waals surface area contributed by atoms with Crippen molar-refractivity contribution in [1.29, 1.82) is 5.26 Å². The van der Waals surface area contributed by atoms with E-state index in [-0.39, 0.29) is 24.1 Å². The van der Waals surface area contributed by atoms with Crippen LogP contribution in [0.15, 0.2) is 5.38 Å². The number of carbonyl (C=O) groups excluding carboxylic acids is 2. The second kappa shape index (κ2) is 9.34. The Morgan fingerprint density at radius 2 is 2.40 bits per heavy atom. The number of thiazole rings is 1. The van der Waals surface area contributed by atoms with E-state index in [1.54, 1.807) is 12.3 Å². The number of rotatable bonds is 8. The van der Waals surface area contributed by atoms with Gasteiger partial charge in [-0.2, -0.15) is 17.0 Å². The van der Waals surface area contributed by atoms with E-state index in [0.717, 1.165) is 0 Å². The molecule has 1 heterocycles. The first-order valence-corrected chi connectivity index (χ1v) is 8.03. The Morgan fingerprint density at radius 1 is 1.60 bits per heavy atom. The minimum atomic E-state index is -0.331. The number of esters is 1. The van der Waals surface area contributed by atoms with E-state index < -0.39 is 0 Å². The molecule has 0 aliphatic carbocycles. The first-order valence-electron chi connectivity index (χ1n) is 6.00. The van der Waals surface area contributed by atoms with Gasteiger partial charge in [0.2, 0.25) is 5.91 Å². The molecule has 6 nitrogen and oxygen atoms in total. The van der Waals surface area contributed by atoms with Crippen LogP contribution in [0.3, 0.4) is 0 Å². The number of nitriles is 1. The van der Waals surface area contributed by atoms with Crippen LogP contribution in [0.1, 0.15) is 19.0 Å². The first kappa shape index (κ1) is 16.5. The number of hydrogen-bond acceptors (Lipinski definition) is 7. The maximum absolute atomic E-state index is 11.6. The topological polar surface area (TPSA) is 92.1 Å². The Hall–Kier alpha value is -1.59. The lowest BCUT2D eigenvalue weighted by molar-refractivity contribution is -0.142. The molecule has 20 heavy (non-hydrogen) atoms. The van der Waals surface area contributed by atoms with Crippen molar-refractivity contribution in [3.8, 4) is 6.07 Å². The summed E-state index contributed by atoms with van der Waals surface area (Å²) in [6.07, 6.45) is 0.538. The number of ether oxygens (including phenoxy) is 1. The molecule has 0 bridgehead atoms. The Morgan fingerprint density at radius 3 is 3.10 bits per heavy atom. The van der Waals surface area contributed by atoms with Crippen LogP contribution >= 0.6 is 23.1 Å². The lowest BCUT2D eigenvalue weighted by atomic mass is 10.3. The first-order chi connectivity index (χ1) is 9.65. The summed E-state index contributed by atoms with van der Waals surface area (Å²) in [5.74, 6) is 0.428. The summed E-state index contributed by atoms with van der Waals surface area (Å²) in [6, 6.07) is 2.02. The van der Waals surface area contributed by atoms with E-state index in [1.165, 1.54) is 23.1 Å². The third kappa shape index (κ3) is 6.54. The van der Waals surface area contributed by atoms with Crippen LogP contribution in [-0.4, -0.2) is 35.0 Å². The van der Waals surface area contributed by atoms with Crippen molar-refractivity contribution in [3.05, 3.63) is 11.1 Å². The average Bonchev–Trinajstić information content (AvgIpc) is 2.82. The second-order valence-corrected chi connectivity index (χ2v) is 5.60. The van der Waals surface area contributed by atoms with E-state index in [9.17, 15) is 9.59 Å². The van der Waals surface area contributed by atoms with E-state index in [4.69, 9.17) is 10.00 Å². The molecule has 1 N–H and O–H groups in total. The molecule has 0 radical (unpaired) electrons. The smallest absolute Gasteiger partial charge is 0.311 e. The van der Waals surface area contributed by atoms with Crippen molar-refractivity contribution in [3.63, 3.8) is 0 Å². The highest BCUT2D eigenvalue weighted by Gasteiger charge is 2.10. The van der Waals surface area contributed by atoms with Crippen LogP contribution in [0.2, 0.25) is 0 Å². The zero-order chi connectivity index (χ0) is 14.8. The minimum absolute atomic E-state index is 0.108. The molecule has 1 amide bonds. The predicted octanol–water partition coefficient (Wildman–Crippen LogP) is 1.83. The molecule has 0 aliphatic heterocycles. The number of nitrogens with zero attached hydrogens (tertiary/aromatic N) is 2. The van der Waals surface area contributed by atoms with Crippen LogP contribution in [0.25, 0.3) is 0 Å². The number of amides is 1. The fraction of sp³-hybridized carbons (Fsp3) is 0.500. The Bertz CT molecular complexity index is 496. The Labute approximate surface area is 125 Å². The van der Waals surface area contributed by atoms with Gasteiger partial charge in [0.05, 0.1) is 30.5 Å². The average molecular weight is 313 g/mol. The molecular formula is C12H15N3O3S2. The summed E-state index contributed by atoms with van der Waals surface area (Å²) < 4.78 is 4.82. The third-order valence-electron chi connectivity index (χ3n) is 2.02. The molecule has 0 unspecified atom stereocenters. The van der Waals surface area contributed by atoms with Gasteiger partial charge in [0.15, 0.2) is 5.13 Å². The third-order valence-corrected chi connectivity index (χ3v) is 3.79. The molecule has 1 aromatic heterocycles. The van der Waals surface area contributed by atoms with Crippen LogP contribution in [0.5, 0.6) is 0 Å². The highest BCUT2D eigenvalue weighted by molar-refractivity contribution is 7.99. The van der Waals surface area contributed by atoms with E-state index >= 15 is 0 Å². The molecule has 0 atom stereocenters. The van der Waals surface area contributed by atoms with Crippen molar-refractivity contribution in [2.45, 2.75) is 19.8 Å². The summed E-state index contributed by atoms with van der Waals surface area (Å²) in [4.78, 5) is 27.0. The lowest BCUT2D eigenvalue weighted by Gasteiger charge is -2.00. The van der Waals surface area contributed by atoms with Gasteiger partial charge in [0, 0.05) is 17.6 Å². The number of thioether (sulfide) groups is 1. The molecule has 1 aromatic rings. The quantitative estimate of drug-likeness (QED) is 0.581. The maximum Gasteiger partial charge on any atom is 0.311 e. The maximum atomic E-state index is 11.6. The molecule has 108 valence electrons. The van der Waals surface area contributed by atoms with Crippen LogP contribution < -0.4 is 5.32 Å². The van der Waals surface area contributed by atoms with Gasteiger partial charge in [-0.1, -0.05) is 0 Å². The van der Waals surface area contributed by atoms with E-state index in [0.29, 0.717) is 29.6 Å². The van der Waals surface area contributed by atoms with Gasteiger partial charge in [-0.05, 0) is 6.92 Å². The minimum Gasteiger partial charge on any atom is -0.466 e. The number of carbonyl (C=O) groups is 2. The van der Waals surface area contributed by atoms with Crippen molar-refractivity contribution in [2.24, 2.45) is 0 Å². The van der Waals surface area contributed by atoms with Crippen LogP contribution in [0, 0.1) is 11.3 Å². The molecule has 0 aliphatic rings. The fourth-order valence-electron chi connectivity index (χ4n) is 1.24. The largest absolute Gasteiger partial charge is 0.466 e. The lowest BCUT2D eigenvalue weighted by Crippen LogP contribution is -2.14. The summed E-state index contributed by atoms with van der Waals surface area (Å²) >= 11 is 2.67. The molecular weight excluding hydrogens is 298 g/mol. The molecule has 0 spiro atoms. The van der Waals surface area contributed by atoms with Crippen molar-refractivity contribution in [2.75, 3.05) is 23.4 Å². The van der Waals surface area contributed by atoms with Crippen LogP contribution in [-0.2, 0) is 20.7 Å². The van der Waals surface area contributed by atoms with Gasteiger partial charge in [-0.3, -0.25) is 9.59 Å². The molecule has 0 saturated heterocycles. The second-order valence-electron chi connectivity index (χ2n) is 3.63. The van der Waals surface area contributed by atoms with Gasteiger partial charge in [0.25, 0.3) is 0 Å². The van der Waals surface area contributed by atoms with E-state index in [2.05, 4.69) is 10.3 Å². The summed E-state index contributed by atoms with van der Waals surface area (Å²) in [5, 5.41) is 13.2. The van der Waals surface area contributed by atoms with Gasteiger partial charge in [-0.25, -0.2) is 4.98 Å². The molecule has 0 aromatic carbocycles. The monoisotopic (exact) mass is 313 g/mol. The van der Waals surface area contributed by atoms with Crippen molar-refractivity contribution < 1.29 is 14.3 Å². The summed E-state index contributed by atoms with van der Waals surface area (Å²) in [7, 11) is 0. The van der Waals surface area contributed by atoms with Gasteiger partial charge in [0.1, 0.15) is 0 Å². The predicted molar refractivity (Wildman–Crippen MR) is 78.6 cm³/mol. The number of anilines is 1. The van der Waals surface area contributed by atoms with Gasteiger partial charge in [-0.15, -0.1) is 11.3 Å². The number of nitrogens with one attached hydrogen (secondary N) is 1. The van der Waals surface area contributed by atoms with E-state index in [1.807, 2.05) is 6.07 Å². The highest BCUT2D eigenvalue weighted by Crippen LogP contribution is 2.16. The van der Waals surface area contributed by atoms with Gasteiger partial charge < -0.3 is 10.1 Å². The summed E-state index contributed by atoms with van der Waals surface area (Å²) in [5.41, 5.74) is 0.584. The van der Waals surface area contributed by atoms with Crippen molar-refractivity contribution >= 4 is 40.1 Å². The Kier molecular flexibility index (Phi) is 7.69. The number of hydrogen-bond donors (Lipinski definition) is 1. The normalized spacial score (nSPS) is 9.80. The van der Waals surface area contributed by atoms with Crippen LogP contribution in [0.4, 0.5) is 5.13 Å². The zero-order valence-corrected chi connectivity index (χ0v) is 12.7. The number of aromatic nitrogens is 1. The SMILES string of the molecule is CCOC(=O)Cc1csc(NC(=O)CSCCC#N)n1. The van der Waals surface area contributed by atoms with Crippen molar-refractivity contribution in [1.82, 2.24) is 4.98 Å². The molecule has 0 fully saturated rings. The highest BCUT2D eigenvalue weighted by atomic mass is 32.2.